The van der Waals surface area contributed by atoms with Crippen molar-refractivity contribution in [1.82, 2.24) is 15.1 Å². The van der Waals surface area contributed by atoms with E-state index in [2.05, 4.69) is 10.4 Å². The minimum absolute atomic E-state index is 0.207. The zero-order valence-corrected chi connectivity index (χ0v) is 12.3. The van der Waals surface area contributed by atoms with E-state index in [1.165, 1.54) is 6.20 Å². The molecule has 0 aliphatic rings. The van der Waals surface area contributed by atoms with Gasteiger partial charge in [0.25, 0.3) is 5.91 Å². The lowest BCUT2D eigenvalue weighted by Gasteiger charge is -2.10. The van der Waals surface area contributed by atoms with E-state index in [4.69, 9.17) is 10.5 Å². The third-order valence-corrected chi connectivity index (χ3v) is 3.25. The van der Waals surface area contributed by atoms with E-state index in [0.29, 0.717) is 30.9 Å². The van der Waals surface area contributed by atoms with E-state index in [1.54, 1.807) is 11.8 Å². The van der Waals surface area contributed by atoms with Crippen LogP contribution >= 0.6 is 0 Å². The molecule has 2 aromatic rings. The van der Waals surface area contributed by atoms with Crippen LogP contribution in [0.4, 0.5) is 5.69 Å². The van der Waals surface area contributed by atoms with Gasteiger partial charge in [-0.15, -0.1) is 0 Å². The van der Waals surface area contributed by atoms with Crippen molar-refractivity contribution < 1.29 is 9.53 Å². The number of para-hydroxylation sites is 1. The van der Waals surface area contributed by atoms with Gasteiger partial charge in [-0.05, 0) is 25.0 Å². The molecular weight excluding hydrogens is 268 g/mol. The Morgan fingerprint density at radius 2 is 2.19 bits per heavy atom. The Bertz CT molecular complexity index is 622. The quantitative estimate of drug-likeness (QED) is 0.843. The molecule has 0 aliphatic heterocycles. The van der Waals surface area contributed by atoms with Crippen molar-refractivity contribution >= 4 is 11.6 Å². The zero-order valence-electron chi connectivity index (χ0n) is 12.3. The lowest BCUT2D eigenvalue weighted by atomic mass is 10.1. The Kier molecular flexibility index (Phi) is 4.81. The number of aromatic nitrogens is 2. The second kappa shape index (κ2) is 6.78. The number of benzene rings is 1. The average molecular weight is 288 g/mol. The highest BCUT2D eigenvalue weighted by molar-refractivity contribution is 5.97. The van der Waals surface area contributed by atoms with Crippen LogP contribution in [-0.2, 0) is 13.0 Å². The predicted molar refractivity (Wildman–Crippen MR) is 81.3 cm³/mol. The molecule has 6 heteroatoms. The second-order valence-corrected chi connectivity index (χ2v) is 4.58. The molecule has 1 aromatic heterocycles. The van der Waals surface area contributed by atoms with Gasteiger partial charge in [-0.3, -0.25) is 9.48 Å². The zero-order chi connectivity index (χ0) is 15.2. The number of amides is 1. The molecular formula is C15H20N4O2. The lowest BCUT2D eigenvalue weighted by Crippen LogP contribution is -2.28. The number of rotatable bonds is 6. The maximum Gasteiger partial charge on any atom is 0.271 e. The van der Waals surface area contributed by atoms with Crippen molar-refractivity contribution in [2.75, 3.05) is 19.4 Å². The highest BCUT2D eigenvalue weighted by Crippen LogP contribution is 2.17. The van der Waals surface area contributed by atoms with E-state index in [-0.39, 0.29) is 5.91 Å². The largest absolute Gasteiger partial charge is 0.496 e. The van der Waals surface area contributed by atoms with Crippen LogP contribution in [0.5, 0.6) is 5.75 Å². The molecule has 0 unspecified atom stereocenters. The van der Waals surface area contributed by atoms with E-state index in [0.717, 1.165) is 11.3 Å². The normalized spacial score (nSPS) is 10.4. The molecule has 0 radical (unpaired) electrons. The maximum absolute atomic E-state index is 12.2. The number of hydrogen-bond acceptors (Lipinski definition) is 4. The Hall–Kier alpha value is -2.50. The fourth-order valence-electron chi connectivity index (χ4n) is 2.19. The van der Waals surface area contributed by atoms with Crippen LogP contribution < -0.4 is 15.8 Å². The molecule has 6 nitrogen and oxygen atoms in total. The van der Waals surface area contributed by atoms with Crippen LogP contribution in [0, 0.1) is 0 Å². The Labute approximate surface area is 123 Å². The lowest BCUT2D eigenvalue weighted by molar-refractivity contribution is 0.0944. The number of nitrogens with one attached hydrogen (secondary N) is 1. The number of ether oxygens (including phenoxy) is 1. The summed E-state index contributed by atoms with van der Waals surface area (Å²) in [5.41, 5.74) is 7.64. The van der Waals surface area contributed by atoms with Crippen molar-refractivity contribution in [2.24, 2.45) is 0 Å². The summed E-state index contributed by atoms with van der Waals surface area (Å²) in [6.07, 6.45) is 2.19. The number of carbonyl (C=O) groups excluding carboxylic acids is 1. The van der Waals surface area contributed by atoms with Crippen LogP contribution in [-0.4, -0.2) is 29.3 Å². The van der Waals surface area contributed by atoms with Crippen molar-refractivity contribution in [1.29, 1.82) is 0 Å². The number of nitrogen functional groups attached to an aromatic ring is 1. The smallest absolute Gasteiger partial charge is 0.271 e. The molecule has 0 aliphatic carbocycles. The summed E-state index contributed by atoms with van der Waals surface area (Å²) >= 11 is 0. The summed E-state index contributed by atoms with van der Waals surface area (Å²) in [4.78, 5) is 12.2. The van der Waals surface area contributed by atoms with E-state index >= 15 is 0 Å². The van der Waals surface area contributed by atoms with Gasteiger partial charge in [0.1, 0.15) is 11.4 Å². The topological polar surface area (TPSA) is 82.2 Å². The van der Waals surface area contributed by atoms with Crippen molar-refractivity contribution in [3.05, 3.63) is 41.7 Å². The first-order valence-electron chi connectivity index (χ1n) is 6.88. The van der Waals surface area contributed by atoms with Crippen LogP contribution in [0.2, 0.25) is 0 Å². The van der Waals surface area contributed by atoms with E-state index < -0.39 is 0 Å². The SMILES string of the molecule is CCn1ncc(N)c1C(=O)NCCc1ccccc1OC. The predicted octanol–water partition coefficient (Wildman–Crippen LogP) is 1.47. The van der Waals surface area contributed by atoms with E-state index in [1.807, 2.05) is 31.2 Å². The monoisotopic (exact) mass is 288 g/mol. The van der Waals surface area contributed by atoms with Crippen LogP contribution in [0.1, 0.15) is 23.0 Å². The molecule has 3 N–H and O–H groups in total. The second-order valence-electron chi connectivity index (χ2n) is 4.58. The number of methoxy groups -OCH3 is 1. The standard InChI is InChI=1S/C15H20N4O2/c1-3-19-14(12(16)10-18-19)15(20)17-9-8-11-6-4-5-7-13(11)21-2/h4-7,10H,3,8-9,16H2,1-2H3,(H,17,20). The fourth-order valence-corrected chi connectivity index (χ4v) is 2.19. The Balaban J connectivity index is 1.97. The molecule has 112 valence electrons. The van der Waals surface area contributed by atoms with Crippen LogP contribution in [0.15, 0.2) is 30.5 Å². The highest BCUT2D eigenvalue weighted by atomic mass is 16.5. The molecule has 1 amide bonds. The summed E-state index contributed by atoms with van der Waals surface area (Å²) in [5, 5.41) is 6.92. The summed E-state index contributed by atoms with van der Waals surface area (Å²) in [6.45, 7) is 3.03. The molecule has 0 fully saturated rings. The minimum Gasteiger partial charge on any atom is -0.496 e. The molecule has 0 spiro atoms. The summed E-state index contributed by atoms with van der Waals surface area (Å²) in [6, 6.07) is 7.75. The third kappa shape index (κ3) is 3.34. The molecule has 0 saturated heterocycles. The molecule has 1 aromatic carbocycles. The number of anilines is 1. The number of nitrogens with zero attached hydrogens (tertiary/aromatic N) is 2. The minimum atomic E-state index is -0.207. The maximum atomic E-state index is 12.2. The molecule has 21 heavy (non-hydrogen) atoms. The van der Waals surface area contributed by atoms with Crippen molar-refractivity contribution in [3.63, 3.8) is 0 Å². The Morgan fingerprint density at radius 3 is 2.90 bits per heavy atom. The van der Waals surface area contributed by atoms with Gasteiger partial charge in [0, 0.05) is 13.1 Å². The van der Waals surface area contributed by atoms with Gasteiger partial charge in [0.15, 0.2) is 0 Å². The van der Waals surface area contributed by atoms with Gasteiger partial charge in [0.2, 0.25) is 0 Å². The number of carbonyl (C=O) groups is 1. The molecule has 2 rings (SSSR count). The van der Waals surface area contributed by atoms with E-state index in [9.17, 15) is 4.79 Å². The number of hydrogen-bond donors (Lipinski definition) is 2. The fraction of sp³-hybridized carbons (Fsp3) is 0.333. The van der Waals surface area contributed by atoms with Gasteiger partial charge < -0.3 is 15.8 Å². The Morgan fingerprint density at radius 1 is 1.43 bits per heavy atom. The van der Waals surface area contributed by atoms with Crippen LogP contribution in [0.25, 0.3) is 0 Å². The van der Waals surface area contributed by atoms with Gasteiger partial charge in [0.05, 0.1) is 19.0 Å². The summed E-state index contributed by atoms with van der Waals surface area (Å²) < 4.78 is 6.87. The summed E-state index contributed by atoms with van der Waals surface area (Å²) in [7, 11) is 1.64. The van der Waals surface area contributed by atoms with Gasteiger partial charge >= 0.3 is 0 Å². The van der Waals surface area contributed by atoms with Gasteiger partial charge in [-0.1, -0.05) is 18.2 Å². The number of nitrogens with two attached hydrogens (primary N) is 1. The first-order valence-corrected chi connectivity index (χ1v) is 6.88. The first-order chi connectivity index (χ1) is 10.2. The van der Waals surface area contributed by atoms with Crippen molar-refractivity contribution in [2.45, 2.75) is 19.9 Å². The average Bonchev–Trinajstić information content (AvgIpc) is 2.88. The van der Waals surface area contributed by atoms with Crippen LogP contribution in [0.3, 0.4) is 0 Å². The third-order valence-electron chi connectivity index (χ3n) is 3.25. The highest BCUT2D eigenvalue weighted by Gasteiger charge is 2.15. The molecule has 0 saturated carbocycles. The van der Waals surface area contributed by atoms with Gasteiger partial charge in [-0.25, -0.2) is 0 Å². The molecule has 0 atom stereocenters. The first kappa shape index (κ1) is 14.9. The van der Waals surface area contributed by atoms with Crippen molar-refractivity contribution in [3.8, 4) is 5.75 Å². The summed E-state index contributed by atoms with van der Waals surface area (Å²) in [5.74, 6) is 0.617. The van der Waals surface area contributed by atoms with Gasteiger partial charge in [-0.2, -0.15) is 5.10 Å². The molecule has 0 bridgehead atoms. The number of aryl methyl sites for hydroxylation is 1. The molecule has 1 heterocycles.